The molecule has 0 aliphatic carbocycles. The molecule has 5 heteroatoms. The van der Waals surface area contributed by atoms with E-state index in [9.17, 15) is 4.79 Å². The van der Waals surface area contributed by atoms with Gasteiger partial charge in [0, 0.05) is 5.56 Å². The quantitative estimate of drug-likeness (QED) is 0.275. The average molecular weight is 467 g/mol. The first-order chi connectivity index (χ1) is 17.0. The summed E-state index contributed by atoms with van der Waals surface area (Å²) in [6.45, 7) is 4.20. The predicted molar refractivity (Wildman–Crippen MR) is 139 cm³/mol. The lowest BCUT2D eigenvalue weighted by Crippen LogP contribution is -2.11. The Morgan fingerprint density at radius 2 is 1.51 bits per heavy atom. The largest absolute Gasteiger partial charge is 0.493 e. The van der Waals surface area contributed by atoms with Gasteiger partial charge in [-0.2, -0.15) is 0 Å². The van der Waals surface area contributed by atoms with Crippen molar-refractivity contribution in [1.29, 1.82) is 0 Å². The first kappa shape index (κ1) is 22.5. The number of fused-ring (bicyclic) bond motifs is 2. The highest BCUT2D eigenvalue weighted by atomic mass is 16.5. The molecule has 5 rings (SSSR count). The Labute approximate surface area is 203 Å². The summed E-state index contributed by atoms with van der Waals surface area (Å²) in [5.74, 6) is 1.64. The molecule has 5 nitrogen and oxygen atoms in total. The van der Waals surface area contributed by atoms with Gasteiger partial charge in [0.1, 0.15) is 12.2 Å². The minimum atomic E-state index is -0.209. The summed E-state index contributed by atoms with van der Waals surface area (Å²) in [5, 5.41) is 2.69. The van der Waals surface area contributed by atoms with Crippen molar-refractivity contribution < 1.29 is 18.6 Å². The van der Waals surface area contributed by atoms with E-state index in [1.807, 2.05) is 56.3 Å². The van der Waals surface area contributed by atoms with E-state index in [0.29, 0.717) is 33.8 Å². The Kier molecular flexibility index (Phi) is 5.91. The van der Waals surface area contributed by atoms with Crippen LogP contribution in [0.3, 0.4) is 0 Å². The van der Waals surface area contributed by atoms with E-state index in [1.165, 1.54) is 0 Å². The molecule has 0 bridgehead atoms. The Balaban J connectivity index is 1.68. The molecule has 0 spiro atoms. The van der Waals surface area contributed by atoms with Gasteiger partial charge in [-0.1, -0.05) is 42.5 Å². The van der Waals surface area contributed by atoms with Crippen molar-refractivity contribution in [1.82, 2.24) is 0 Å². The van der Waals surface area contributed by atoms with Gasteiger partial charge in [-0.3, -0.25) is 4.79 Å². The van der Waals surface area contributed by atoms with Gasteiger partial charge in [-0.05, 0) is 71.6 Å². The van der Waals surface area contributed by atoms with E-state index in [2.05, 4.69) is 18.2 Å². The van der Waals surface area contributed by atoms with Crippen LogP contribution < -0.4 is 19.6 Å². The Hall–Kier alpha value is -4.25. The third-order valence-electron chi connectivity index (χ3n) is 6.36. The third-order valence-corrected chi connectivity index (χ3v) is 6.36. The summed E-state index contributed by atoms with van der Waals surface area (Å²) in [7, 11) is 3.15. The number of rotatable bonds is 6. The topological polar surface area (TPSA) is 57.9 Å². The van der Waals surface area contributed by atoms with Crippen molar-refractivity contribution in [3.05, 3.63) is 99.7 Å². The van der Waals surface area contributed by atoms with Crippen LogP contribution in [0.15, 0.2) is 82.0 Å². The number of hydrogen-bond acceptors (Lipinski definition) is 5. The van der Waals surface area contributed by atoms with Gasteiger partial charge < -0.3 is 18.6 Å². The Morgan fingerprint density at radius 1 is 0.771 bits per heavy atom. The lowest BCUT2D eigenvalue weighted by atomic mass is 10.0. The molecule has 1 heterocycles. The number of hydrogen-bond donors (Lipinski definition) is 0. The summed E-state index contributed by atoms with van der Waals surface area (Å²) < 4.78 is 23.4. The number of methoxy groups -OCH3 is 2. The van der Waals surface area contributed by atoms with Gasteiger partial charge in [0.05, 0.1) is 19.6 Å². The van der Waals surface area contributed by atoms with Gasteiger partial charge in [0.15, 0.2) is 17.3 Å². The van der Waals surface area contributed by atoms with E-state index in [0.717, 1.165) is 27.5 Å². The number of aryl methyl sites for hydroxylation is 2. The van der Waals surface area contributed by atoms with Gasteiger partial charge in [0.2, 0.25) is 11.2 Å². The van der Waals surface area contributed by atoms with Crippen LogP contribution in [0.4, 0.5) is 0 Å². The lowest BCUT2D eigenvalue weighted by Gasteiger charge is -2.15. The zero-order valence-electron chi connectivity index (χ0n) is 20.2. The smallest absolute Gasteiger partial charge is 0.235 e. The molecule has 0 saturated carbocycles. The Morgan fingerprint density at radius 3 is 2.31 bits per heavy atom. The summed E-state index contributed by atoms with van der Waals surface area (Å²) in [6, 6.07) is 23.3. The summed E-state index contributed by atoms with van der Waals surface area (Å²) in [6.07, 6.45) is 0. The SMILES string of the molecule is COc1ccc(-c2oc3cc(C)c(C)cc3c(=O)c2OCc2cccc3ccccc23)cc1OC. The maximum absolute atomic E-state index is 13.7. The van der Waals surface area contributed by atoms with Crippen molar-refractivity contribution in [2.24, 2.45) is 0 Å². The molecule has 0 aliphatic heterocycles. The molecule has 176 valence electrons. The summed E-state index contributed by atoms with van der Waals surface area (Å²) in [4.78, 5) is 13.7. The molecule has 0 amide bonds. The number of benzene rings is 4. The van der Waals surface area contributed by atoms with E-state index in [-0.39, 0.29) is 17.8 Å². The summed E-state index contributed by atoms with van der Waals surface area (Å²) >= 11 is 0. The zero-order chi connectivity index (χ0) is 24.5. The molecule has 5 aromatic rings. The molecule has 35 heavy (non-hydrogen) atoms. The second kappa shape index (κ2) is 9.18. The van der Waals surface area contributed by atoms with Gasteiger partial charge in [-0.25, -0.2) is 0 Å². The van der Waals surface area contributed by atoms with E-state index in [1.54, 1.807) is 26.4 Å². The monoisotopic (exact) mass is 466 g/mol. The van der Waals surface area contributed by atoms with Gasteiger partial charge >= 0.3 is 0 Å². The van der Waals surface area contributed by atoms with Crippen LogP contribution in [0.1, 0.15) is 16.7 Å². The van der Waals surface area contributed by atoms with Crippen LogP contribution in [-0.2, 0) is 6.61 Å². The maximum atomic E-state index is 13.7. The molecule has 4 aromatic carbocycles. The van der Waals surface area contributed by atoms with Gasteiger partial charge in [-0.15, -0.1) is 0 Å². The fourth-order valence-electron chi connectivity index (χ4n) is 4.30. The van der Waals surface area contributed by atoms with Crippen LogP contribution in [0, 0.1) is 13.8 Å². The second-order valence-corrected chi connectivity index (χ2v) is 8.52. The minimum absolute atomic E-state index is 0.168. The van der Waals surface area contributed by atoms with Crippen LogP contribution in [0.5, 0.6) is 17.2 Å². The van der Waals surface area contributed by atoms with E-state index in [4.69, 9.17) is 18.6 Å². The highest BCUT2D eigenvalue weighted by Gasteiger charge is 2.20. The highest BCUT2D eigenvalue weighted by molar-refractivity contribution is 5.86. The standard InChI is InChI=1S/C30H26O5/c1-18-14-24-26(15-19(18)2)35-29(21-12-13-25(32-3)27(16-21)33-4)30(28(24)31)34-17-22-10-7-9-20-8-5-6-11-23(20)22/h5-16H,17H2,1-4H3. The maximum Gasteiger partial charge on any atom is 0.235 e. The molecule has 0 N–H and O–H groups in total. The van der Waals surface area contributed by atoms with Crippen molar-refractivity contribution in [3.63, 3.8) is 0 Å². The normalized spacial score (nSPS) is 11.1. The van der Waals surface area contributed by atoms with Crippen LogP contribution >= 0.6 is 0 Å². The molecular formula is C30H26O5. The zero-order valence-corrected chi connectivity index (χ0v) is 20.2. The predicted octanol–water partition coefficient (Wildman–Crippen LogP) is 6.83. The molecule has 1 aromatic heterocycles. The molecule has 0 radical (unpaired) electrons. The number of ether oxygens (including phenoxy) is 3. The fourth-order valence-corrected chi connectivity index (χ4v) is 4.30. The van der Waals surface area contributed by atoms with Crippen molar-refractivity contribution in [2.45, 2.75) is 20.5 Å². The van der Waals surface area contributed by atoms with E-state index >= 15 is 0 Å². The lowest BCUT2D eigenvalue weighted by molar-refractivity contribution is 0.299. The minimum Gasteiger partial charge on any atom is -0.493 e. The molecule has 0 fully saturated rings. The molecule has 0 unspecified atom stereocenters. The van der Waals surface area contributed by atoms with E-state index < -0.39 is 0 Å². The Bertz CT molecular complexity index is 1610. The molecule has 0 saturated heterocycles. The second-order valence-electron chi connectivity index (χ2n) is 8.52. The fraction of sp³-hybridized carbons (Fsp3) is 0.167. The molecule has 0 atom stereocenters. The first-order valence-corrected chi connectivity index (χ1v) is 11.4. The molecule has 0 aliphatic rings. The average Bonchev–Trinajstić information content (AvgIpc) is 2.88. The molecular weight excluding hydrogens is 440 g/mol. The van der Waals surface area contributed by atoms with Crippen molar-refractivity contribution in [3.8, 4) is 28.6 Å². The van der Waals surface area contributed by atoms with Crippen molar-refractivity contribution in [2.75, 3.05) is 14.2 Å². The van der Waals surface area contributed by atoms with Crippen LogP contribution in [-0.4, -0.2) is 14.2 Å². The first-order valence-electron chi connectivity index (χ1n) is 11.4. The highest BCUT2D eigenvalue weighted by Crippen LogP contribution is 2.37. The van der Waals surface area contributed by atoms with Crippen molar-refractivity contribution >= 4 is 21.7 Å². The third kappa shape index (κ3) is 4.10. The van der Waals surface area contributed by atoms with Crippen LogP contribution in [0.2, 0.25) is 0 Å². The summed E-state index contributed by atoms with van der Waals surface area (Å²) in [5.41, 5.74) is 4.01. The van der Waals surface area contributed by atoms with Crippen LogP contribution in [0.25, 0.3) is 33.1 Å². The van der Waals surface area contributed by atoms with Gasteiger partial charge in [0.25, 0.3) is 0 Å².